The monoisotopic (exact) mass is 276 g/mol. The van der Waals surface area contributed by atoms with Crippen LogP contribution in [0.3, 0.4) is 0 Å². The van der Waals surface area contributed by atoms with E-state index in [4.69, 9.17) is 4.74 Å². The first-order chi connectivity index (χ1) is 9.76. The maximum absolute atomic E-state index is 12.1. The predicted octanol–water partition coefficient (Wildman–Crippen LogP) is 1.29. The van der Waals surface area contributed by atoms with Gasteiger partial charge in [-0.05, 0) is 25.9 Å². The van der Waals surface area contributed by atoms with Gasteiger partial charge < -0.3 is 14.6 Å². The van der Waals surface area contributed by atoms with E-state index in [1.165, 1.54) is 12.8 Å². The number of imidazole rings is 1. The molecule has 1 amide bonds. The van der Waals surface area contributed by atoms with Gasteiger partial charge in [0.2, 0.25) is 0 Å². The van der Waals surface area contributed by atoms with Crippen LogP contribution in [0.15, 0.2) is 12.4 Å². The van der Waals surface area contributed by atoms with Gasteiger partial charge in [0.15, 0.2) is 0 Å². The van der Waals surface area contributed by atoms with E-state index in [0.29, 0.717) is 19.1 Å². The van der Waals surface area contributed by atoms with Crippen LogP contribution in [-0.4, -0.2) is 45.8 Å². The summed E-state index contributed by atoms with van der Waals surface area (Å²) in [6.07, 6.45) is 7.94. The Balaban J connectivity index is 1.48. The number of nitrogens with zero attached hydrogens (tertiary/aromatic N) is 3. The minimum absolute atomic E-state index is 0.183. The van der Waals surface area contributed by atoms with Crippen LogP contribution in [0.1, 0.15) is 37.5 Å². The molecule has 6 nitrogen and oxygen atoms in total. The molecule has 0 aromatic carbocycles. The maximum atomic E-state index is 12.1. The highest BCUT2D eigenvalue weighted by Crippen LogP contribution is 2.36. The molecule has 3 heterocycles. The first kappa shape index (κ1) is 12.2. The SMILES string of the molecule is O=C1OC2(CCNCC2)CN1Cc1nccn1C1CC1. The van der Waals surface area contributed by atoms with Crippen LogP contribution in [0.2, 0.25) is 0 Å². The molecule has 20 heavy (non-hydrogen) atoms. The average molecular weight is 276 g/mol. The smallest absolute Gasteiger partial charge is 0.410 e. The fourth-order valence-corrected chi connectivity index (χ4v) is 3.28. The number of carbonyl (C=O) groups is 1. The third-order valence-electron chi connectivity index (χ3n) is 4.58. The van der Waals surface area contributed by atoms with Crippen LogP contribution in [-0.2, 0) is 11.3 Å². The molecule has 1 saturated carbocycles. The largest absolute Gasteiger partial charge is 0.441 e. The summed E-state index contributed by atoms with van der Waals surface area (Å²) in [6.45, 7) is 3.12. The summed E-state index contributed by atoms with van der Waals surface area (Å²) in [4.78, 5) is 18.3. The number of carbonyl (C=O) groups excluding carboxylic acids is 1. The second-order valence-corrected chi connectivity index (χ2v) is 6.14. The quantitative estimate of drug-likeness (QED) is 0.904. The van der Waals surface area contributed by atoms with Crippen molar-refractivity contribution in [3.05, 3.63) is 18.2 Å². The second kappa shape index (κ2) is 4.48. The Morgan fingerprint density at radius 2 is 2.20 bits per heavy atom. The topological polar surface area (TPSA) is 59.4 Å². The number of aromatic nitrogens is 2. The molecular weight excluding hydrogens is 256 g/mol. The van der Waals surface area contributed by atoms with Crippen LogP contribution in [0.4, 0.5) is 4.79 Å². The summed E-state index contributed by atoms with van der Waals surface area (Å²) < 4.78 is 7.89. The highest BCUT2D eigenvalue weighted by atomic mass is 16.6. The molecule has 2 saturated heterocycles. The highest BCUT2D eigenvalue weighted by molar-refractivity contribution is 5.70. The molecule has 1 spiro atoms. The molecule has 1 aromatic rings. The summed E-state index contributed by atoms with van der Waals surface area (Å²) in [5.74, 6) is 0.982. The Bertz CT molecular complexity index is 517. The first-order valence-electron chi connectivity index (χ1n) is 7.46. The molecule has 0 unspecified atom stereocenters. The van der Waals surface area contributed by atoms with Crippen molar-refractivity contribution in [2.24, 2.45) is 0 Å². The lowest BCUT2D eigenvalue weighted by Crippen LogP contribution is -2.44. The number of nitrogens with one attached hydrogen (secondary N) is 1. The summed E-state index contributed by atoms with van der Waals surface area (Å²) in [7, 11) is 0. The molecule has 1 aromatic heterocycles. The standard InChI is InChI=1S/C14H20N4O2/c19-13-17(10-14(20-13)3-5-15-6-4-14)9-12-16-7-8-18(12)11-1-2-11/h7-8,11,15H,1-6,9-10H2. The van der Waals surface area contributed by atoms with Gasteiger partial charge in [-0.25, -0.2) is 9.78 Å². The number of amides is 1. The third-order valence-corrected chi connectivity index (χ3v) is 4.58. The van der Waals surface area contributed by atoms with E-state index in [9.17, 15) is 4.79 Å². The fraction of sp³-hybridized carbons (Fsp3) is 0.714. The fourth-order valence-electron chi connectivity index (χ4n) is 3.28. The molecule has 1 aliphatic carbocycles. The van der Waals surface area contributed by atoms with Crippen molar-refractivity contribution < 1.29 is 9.53 Å². The molecule has 0 radical (unpaired) electrons. The number of rotatable bonds is 3. The highest BCUT2D eigenvalue weighted by Gasteiger charge is 2.46. The Morgan fingerprint density at radius 1 is 1.40 bits per heavy atom. The van der Waals surface area contributed by atoms with Crippen molar-refractivity contribution in [2.45, 2.75) is 43.9 Å². The van der Waals surface area contributed by atoms with Crippen molar-refractivity contribution in [1.82, 2.24) is 19.8 Å². The molecular formula is C14H20N4O2. The first-order valence-corrected chi connectivity index (χ1v) is 7.46. The zero-order chi connectivity index (χ0) is 13.6. The maximum Gasteiger partial charge on any atom is 0.410 e. The van der Waals surface area contributed by atoms with Crippen molar-refractivity contribution in [3.63, 3.8) is 0 Å². The molecule has 2 aliphatic heterocycles. The molecule has 6 heteroatoms. The van der Waals surface area contributed by atoms with Crippen molar-refractivity contribution in [1.29, 1.82) is 0 Å². The molecule has 0 bridgehead atoms. The van der Waals surface area contributed by atoms with Crippen molar-refractivity contribution in [2.75, 3.05) is 19.6 Å². The minimum Gasteiger partial charge on any atom is -0.441 e. The molecule has 3 aliphatic rings. The number of piperidine rings is 1. The van der Waals surface area contributed by atoms with E-state index < -0.39 is 0 Å². The Hall–Kier alpha value is -1.56. The van der Waals surface area contributed by atoms with Crippen LogP contribution in [0.5, 0.6) is 0 Å². The normalized spacial score (nSPS) is 25.2. The number of ether oxygens (including phenoxy) is 1. The third kappa shape index (κ3) is 2.08. The lowest BCUT2D eigenvalue weighted by Gasteiger charge is -2.31. The molecule has 0 atom stereocenters. The zero-order valence-electron chi connectivity index (χ0n) is 11.5. The Labute approximate surface area is 118 Å². The summed E-state index contributed by atoms with van der Waals surface area (Å²) in [6, 6.07) is 0.596. The van der Waals surface area contributed by atoms with E-state index in [1.807, 2.05) is 17.3 Å². The number of hydrogen-bond acceptors (Lipinski definition) is 4. The van der Waals surface area contributed by atoms with Gasteiger partial charge in [0, 0.05) is 31.3 Å². The van der Waals surface area contributed by atoms with E-state index in [1.54, 1.807) is 0 Å². The van der Waals surface area contributed by atoms with Crippen LogP contribution in [0.25, 0.3) is 0 Å². The minimum atomic E-state index is -0.265. The van der Waals surface area contributed by atoms with Crippen LogP contribution >= 0.6 is 0 Å². The van der Waals surface area contributed by atoms with Crippen LogP contribution in [0, 0.1) is 0 Å². The zero-order valence-corrected chi connectivity index (χ0v) is 11.5. The summed E-state index contributed by atoms with van der Waals surface area (Å²) >= 11 is 0. The van der Waals surface area contributed by atoms with Gasteiger partial charge in [0.05, 0.1) is 13.1 Å². The predicted molar refractivity (Wildman–Crippen MR) is 72.2 cm³/mol. The van der Waals surface area contributed by atoms with E-state index >= 15 is 0 Å². The van der Waals surface area contributed by atoms with Gasteiger partial charge >= 0.3 is 6.09 Å². The molecule has 108 valence electrons. The van der Waals surface area contributed by atoms with Crippen LogP contribution < -0.4 is 5.32 Å². The van der Waals surface area contributed by atoms with Gasteiger partial charge in [-0.3, -0.25) is 4.90 Å². The van der Waals surface area contributed by atoms with Gasteiger partial charge in [0.25, 0.3) is 0 Å². The van der Waals surface area contributed by atoms with Gasteiger partial charge in [-0.1, -0.05) is 0 Å². The van der Waals surface area contributed by atoms with E-state index in [-0.39, 0.29) is 11.7 Å². The van der Waals surface area contributed by atoms with E-state index in [0.717, 1.165) is 31.8 Å². The van der Waals surface area contributed by atoms with Crippen molar-refractivity contribution >= 4 is 6.09 Å². The second-order valence-electron chi connectivity index (χ2n) is 6.14. The van der Waals surface area contributed by atoms with Gasteiger partial charge in [0.1, 0.15) is 11.4 Å². The van der Waals surface area contributed by atoms with Crippen molar-refractivity contribution in [3.8, 4) is 0 Å². The Kier molecular flexibility index (Phi) is 2.73. The van der Waals surface area contributed by atoms with E-state index in [2.05, 4.69) is 14.9 Å². The average Bonchev–Trinajstić information content (AvgIpc) is 3.12. The summed E-state index contributed by atoms with van der Waals surface area (Å²) in [5.41, 5.74) is -0.265. The summed E-state index contributed by atoms with van der Waals surface area (Å²) in [5, 5.41) is 3.32. The van der Waals surface area contributed by atoms with Gasteiger partial charge in [-0.2, -0.15) is 0 Å². The molecule has 4 rings (SSSR count). The lowest BCUT2D eigenvalue weighted by molar-refractivity contribution is 0.0316. The lowest BCUT2D eigenvalue weighted by atomic mass is 9.92. The number of hydrogen-bond donors (Lipinski definition) is 1. The Morgan fingerprint density at radius 3 is 2.95 bits per heavy atom. The molecule has 3 fully saturated rings. The van der Waals surface area contributed by atoms with Gasteiger partial charge in [-0.15, -0.1) is 0 Å². The molecule has 1 N–H and O–H groups in total.